The molecule has 0 unspecified atom stereocenters. The lowest BCUT2D eigenvalue weighted by Crippen LogP contribution is -2.05. The van der Waals surface area contributed by atoms with E-state index in [9.17, 15) is 0 Å². The van der Waals surface area contributed by atoms with E-state index in [0.717, 1.165) is 16.7 Å². The third-order valence-corrected chi connectivity index (χ3v) is 4.46. The first-order valence-electron chi connectivity index (χ1n) is 7.23. The Bertz CT molecular complexity index is 790. The molecule has 1 heterocycles. The molecule has 1 saturated carbocycles. The predicted molar refractivity (Wildman–Crippen MR) is 89.5 cm³/mol. The molecule has 1 aromatic heterocycles. The van der Waals surface area contributed by atoms with Crippen LogP contribution in [0.1, 0.15) is 24.6 Å². The number of nitrogens with zero attached hydrogens (tertiary/aromatic N) is 2. The van der Waals surface area contributed by atoms with Crippen molar-refractivity contribution in [1.29, 1.82) is 0 Å². The van der Waals surface area contributed by atoms with Crippen LogP contribution in [0, 0.1) is 0 Å². The zero-order chi connectivity index (χ0) is 14.2. The van der Waals surface area contributed by atoms with Crippen molar-refractivity contribution < 1.29 is 0 Å². The van der Waals surface area contributed by atoms with Crippen LogP contribution in [0.3, 0.4) is 0 Å². The summed E-state index contributed by atoms with van der Waals surface area (Å²) >= 11 is 3.51. The summed E-state index contributed by atoms with van der Waals surface area (Å²) in [6.07, 6.45) is 6.48. The van der Waals surface area contributed by atoms with E-state index < -0.39 is 0 Å². The fourth-order valence-electron chi connectivity index (χ4n) is 2.67. The van der Waals surface area contributed by atoms with Crippen molar-refractivity contribution in [3.63, 3.8) is 0 Å². The second-order valence-corrected chi connectivity index (χ2v) is 6.50. The quantitative estimate of drug-likeness (QED) is 0.742. The zero-order valence-corrected chi connectivity index (χ0v) is 13.2. The summed E-state index contributed by atoms with van der Waals surface area (Å²) in [5.74, 6) is 0. The van der Waals surface area contributed by atoms with E-state index in [1.165, 1.54) is 29.3 Å². The van der Waals surface area contributed by atoms with Crippen LogP contribution in [0.5, 0.6) is 0 Å². The Kier molecular flexibility index (Phi) is 3.19. The van der Waals surface area contributed by atoms with Crippen LogP contribution in [-0.2, 0) is 6.54 Å². The molecular weight excluding hydrogens is 326 g/mol. The fraction of sp³-hybridized carbons (Fsp3) is 0.235. The molecule has 1 aliphatic carbocycles. The van der Waals surface area contributed by atoms with E-state index in [1.807, 2.05) is 12.5 Å². The Labute approximate surface area is 132 Å². The molecule has 21 heavy (non-hydrogen) atoms. The SMILES string of the molecule is Brc1ccc2cc(NCc3cncn3C3CC3)ccc2c1. The average molecular weight is 342 g/mol. The Morgan fingerprint density at radius 1 is 1.14 bits per heavy atom. The van der Waals surface area contributed by atoms with Gasteiger partial charge in [-0.05, 0) is 47.9 Å². The molecule has 3 aromatic rings. The lowest BCUT2D eigenvalue weighted by atomic mass is 10.1. The third-order valence-electron chi connectivity index (χ3n) is 3.96. The van der Waals surface area contributed by atoms with Crippen LogP contribution in [0.25, 0.3) is 10.8 Å². The first kappa shape index (κ1) is 12.9. The standard InChI is InChI=1S/C17H16BrN3/c18-14-3-1-13-8-15(4-2-12(13)7-14)20-10-17-9-19-11-21(17)16-5-6-16/h1-4,7-9,11,16,20H,5-6,10H2. The number of fused-ring (bicyclic) bond motifs is 1. The van der Waals surface area contributed by atoms with E-state index in [-0.39, 0.29) is 0 Å². The van der Waals surface area contributed by atoms with Gasteiger partial charge in [0.15, 0.2) is 0 Å². The van der Waals surface area contributed by atoms with Gasteiger partial charge >= 0.3 is 0 Å². The first-order valence-corrected chi connectivity index (χ1v) is 8.03. The van der Waals surface area contributed by atoms with Crippen molar-refractivity contribution in [2.45, 2.75) is 25.4 Å². The van der Waals surface area contributed by atoms with Crippen molar-refractivity contribution in [2.75, 3.05) is 5.32 Å². The van der Waals surface area contributed by atoms with Crippen molar-refractivity contribution in [3.05, 3.63) is 59.1 Å². The molecule has 1 fully saturated rings. The highest BCUT2D eigenvalue weighted by Gasteiger charge is 2.24. The molecule has 0 atom stereocenters. The van der Waals surface area contributed by atoms with E-state index in [2.05, 4.69) is 67.2 Å². The molecule has 0 bridgehead atoms. The van der Waals surface area contributed by atoms with Gasteiger partial charge in [0, 0.05) is 22.4 Å². The molecular formula is C17H16BrN3. The summed E-state index contributed by atoms with van der Waals surface area (Å²) in [5, 5.41) is 6.00. The smallest absolute Gasteiger partial charge is 0.0951 e. The van der Waals surface area contributed by atoms with Crippen LogP contribution < -0.4 is 5.32 Å². The second kappa shape index (κ2) is 5.19. The molecule has 0 amide bonds. The topological polar surface area (TPSA) is 29.9 Å². The maximum absolute atomic E-state index is 4.27. The summed E-state index contributed by atoms with van der Waals surface area (Å²) in [5.41, 5.74) is 2.40. The van der Waals surface area contributed by atoms with Gasteiger partial charge in [-0.15, -0.1) is 0 Å². The third kappa shape index (κ3) is 2.68. The van der Waals surface area contributed by atoms with Crippen molar-refractivity contribution >= 4 is 32.4 Å². The first-order chi connectivity index (χ1) is 10.3. The molecule has 0 radical (unpaired) electrons. The average Bonchev–Trinajstić information content (AvgIpc) is 3.23. The molecule has 3 nitrogen and oxygen atoms in total. The maximum atomic E-state index is 4.27. The Morgan fingerprint density at radius 3 is 2.81 bits per heavy atom. The Morgan fingerprint density at radius 2 is 1.95 bits per heavy atom. The Balaban J connectivity index is 1.54. The Hall–Kier alpha value is -1.81. The molecule has 1 N–H and O–H groups in total. The van der Waals surface area contributed by atoms with Gasteiger partial charge in [0.25, 0.3) is 0 Å². The van der Waals surface area contributed by atoms with Gasteiger partial charge in [0.2, 0.25) is 0 Å². The molecule has 0 saturated heterocycles. The summed E-state index contributed by atoms with van der Waals surface area (Å²) < 4.78 is 3.41. The largest absolute Gasteiger partial charge is 0.379 e. The number of anilines is 1. The molecule has 0 aliphatic heterocycles. The molecule has 106 valence electrons. The van der Waals surface area contributed by atoms with E-state index in [1.54, 1.807) is 0 Å². The fourth-order valence-corrected chi connectivity index (χ4v) is 3.05. The number of benzene rings is 2. The number of hydrogen-bond acceptors (Lipinski definition) is 2. The van der Waals surface area contributed by atoms with Gasteiger partial charge in [0.05, 0.1) is 18.6 Å². The molecule has 4 heteroatoms. The number of rotatable bonds is 4. The summed E-state index contributed by atoms with van der Waals surface area (Å²) in [4.78, 5) is 4.27. The molecule has 4 rings (SSSR count). The van der Waals surface area contributed by atoms with Gasteiger partial charge in [-0.2, -0.15) is 0 Å². The minimum atomic E-state index is 0.679. The summed E-state index contributed by atoms with van der Waals surface area (Å²) in [7, 11) is 0. The van der Waals surface area contributed by atoms with Crippen molar-refractivity contribution in [1.82, 2.24) is 9.55 Å². The summed E-state index contributed by atoms with van der Waals surface area (Å²) in [6, 6.07) is 13.5. The maximum Gasteiger partial charge on any atom is 0.0951 e. The van der Waals surface area contributed by atoms with E-state index in [4.69, 9.17) is 0 Å². The van der Waals surface area contributed by atoms with Crippen LogP contribution in [0.15, 0.2) is 53.4 Å². The molecule has 1 aliphatic rings. The van der Waals surface area contributed by atoms with Gasteiger partial charge in [0.1, 0.15) is 0 Å². The predicted octanol–water partition coefficient (Wildman–Crippen LogP) is 4.75. The lowest BCUT2D eigenvalue weighted by Gasteiger charge is -2.10. The second-order valence-electron chi connectivity index (χ2n) is 5.58. The normalized spacial score (nSPS) is 14.5. The molecule has 0 spiro atoms. The highest BCUT2D eigenvalue weighted by Crippen LogP contribution is 2.35. The number of halogens is 1. The number of aromatic nitrogens is 2. The van der Waals surface area contributed by atoms with Gasteiger partial charge in [-0.1, -0.05) is 28.1 Å². The minimum Gasteiger partial charge on any atom is -0.379 e. The zero-order valence-electron chi connectivity index (χ0n) is 11.6. The van der Waals surface area contributed by atoms with Gasteiger partial charge in [-0.25, -0.2) is 4.98 Å². The van der Waals surface area contributed by atoms with Crippen LogP contribution in [0.2, 0.25) is 0 Å². The number of hydrogen-bond donors (Lipinski definition) is 1. The van der Waals surface area contributed by atoms with Crippen LogP contribution in [-0.4, -0.2) is 9.55 Å². The lowest BCUT2D eigenvalue weighted by molar-refractivity contribution is 0.701. The minimum absolute atomic E-state index is 0.679. The highest BCUT2D eigenvalue weighted by molar-refractivity contribution is 9.10. The summed E-state index contributed by atoms with van der Waals surface area (Å²) in [6.45, 7) is 0.818. The number of imidazole rings is 1. The number of nitrogens with one attached hydrogen (secondary N) is 1. The van der Waals surface area contributed by atoms with Crippen LogP contribution >= 0.6 is 15.9 Å². The van der Waals surface area contributed by atoms with Crippen molar-refractivity contribution in [2.24, 2.45) is 0 Å². The van der Waals surface area contributed by atoms with E-state index >= 15 is 0 Å². The van der Waals surface area contributed by atoms with E-state index in [0.29, 0.717) is 6.04 Å². The van der Waals surface area contributed by atoms with Crippen molar-refractivity contribution in [3.8, 4) is 0 Å². The van der Waals surface area contributed by atoms with Gasteiger partial charge in [-0.3, -0.25) is 0 Å². The highest BCUT2D eigenvalue weighted by atomic mass is 79.9. The van der Waals surface area contributed by atoms with Gasteiger partial charge < -0.3 is 9.88 Å². The molecule has 2 aromatic carbocycles. The van der Waals surface area contributed by atoms with Crippen LogP contribution in [0.4, 0.5) is 5.69 Å². The monoisotopic (exact) mass is 341 g/mol.